The molecule has 1 amide bonds. The first-order valence-electron chi connectivity index (χ1n) is 10.6. The summed E-state index contributed by atoms with van der Waals surface area (Å²) in [4.78, 5) is 21.7. The Morgan fingerprint density at radius 2 is 1.71 bits per heavy atom. The molecule has 2 heterocycles. The molecule has 1 saturated heterocycles. The number of carbonyl (C=O) groups excluding carboxylic acids is 1. The number of piperazine rings is 1. The summed E-state index contributed by atoms with van der Waals surface area (Å²) in [5, 5.41) is 2.90. The molecular weight excluding hydrogens is 414 g/mol. The first-order valence-corrected chi connectivity index (χ1v) is 12.1. The fourth-order valence-electron chi connectivity index (χ4n) is 3.55. The highest BCUT2D eigenvalue weighted by Crippen LogP contribution is 2.17. The van der Waals surface area contributed by atoms with Gasteiger partial charge in [0.1, 0.15) is 5.82 Å². The maximum Gasteiger partial charge on any atom is 0.251 e. The number of anilines is 1. The molecule has 1 aliphatic heterocycles. The van der Waals surface area contributed by atoms with Crippen LogP contribution in [0.5, 0.6) is 0 Å². The van der Waals surface area contributed by atoms with Crippen LogP contribution in [-0.4, -0.2) is 74.8 Å². The van der Waals surface area contributed by atoms with Gasteiger partial charge in [-0.2, -0.15) is 4.31 Å². The number of nitrogens with one attached hydrogen (secondary N) is 1. The minimum atomic E-state index is -3.53. The summed E-state index contributed by atoms with van der Waals surface area (Å²) >= 11 is 0. The quantitative estimate of drug-likeness (QED) is 0.667. The van der Waals surface area contributed by atoms with Crippen LogP contribution in [-0.2, 0) is 16.6 Å². The van der Waals surface area contributed by atoms with E-state index in [1.54, 1.807) is 32.2 Å². The van der Waals surface area contributed by atoms with Crippen molar-refractivity contribution in [2.75, 3.05) is 51.2 Å². The first kappa shape index (κ1) is 23.2. The third kappa shape index (κ3) is 5.61. The molecule has 8 nitrogen and oxygen atoms in total. The molecule has 168 valence electrons. The summed E-state index contributed by atoms with van der Waals surface area (Å²) in [5.41, 5.74) is 1.39. The zero-order valence-corrected chi connectivity index (χ0v) is 19.2. The van der Waals surface area contributed by atoms with Gasteiger partial charge in [-0.15, -0.1) is 0 Å². The summed E-state index contributed by atoms with van der Waals surface area (Å²) in [6.07, 6.45) is 1.77. The molecule has 1 N–H and O–H groups in total. The minimum Gasteiger partial charge on any atom is -0.354 e. The monoisotopic (exact) mass is 445 g/mol. The molecule has 0 bridgehead atoms. The third-order valence-corrected chi connectivity index (χ3v) is 7.61. The van der Waals surface area contributed by atoms with Crippen molar-refractivity contribution < 1.29 is 13.2 Å². The van der Waals surface area contributed by atoms with Gasteiger partial charge in [0, 0.05) is 57.6 Å². The number of sulfonamides is 1. The molecule has 0 radical (unpaired) electrons. The molecule has 3 rings (SSSR count). The molecule has 1 aliphatic rings. The molecule has 1 fully saturated rings. The van der Waals surface area contributed by atoms with Crippen LogP contribution in [0.15, 0.2) is 47.5 Å². The van der Waals surface area contributed by atoms with Gasteiger partial charge in [0.25, 0.3) is 5.91 Å². The van der Waals surface area contributed by atoms with Gasteiger partial charge in [-0.3, -0.25) is 4.79 Å². The number of aromatic nitrogens is 1. The second kappa shape index (κ2) is 10.2. The van der Waals surface area contributed by atoms with Gasteiger partial charge in [0.2, 0.25) is 10.0 Å². The van der Waals surface area contributed by atoms with Crippen LogP contribution in [0.4, 0.5) is 5.82 Å². The largest absolute Gasteiger partial charge is 0.354 e. The van der Waals surface area contributed by atoms with Crippen LogP contribution in [0.2, 0.25) is 0 Å². The number of carbonyl (C=O) groups is 1. The van der Waals surface area contributed by atoms with Crippen molar-refractivity contribution in [2.45, 2.75) is 25.3 Å². The highest BCUT2D eigenvalue weighted by atomic mass is 32.2. The van der Waals surface area contributed by atoms with Crippen molar-refractivity contribution in [3.05, 3.63) is 53.7 Å². The zero-order chi connectivity index (χ0) is 22.4. The number of benzene rings is 1. The lowest BCUT2D eigenvalue weighted by molar-refractivity contribution is 0.0950. The first-order chi connectivity index (χ1) is 14.8. The number of nitrogens with zero attached hydrogens (tertiary/aromatic N) is 4. The van der Waals surface area contributed by atoms with Gasteiger partial charge >= 0.3 is 0 Å². The fraction of sp³-hybridized carbons (Fsp3) is 0.455. The summed E-state index contributed by atoms with van der Waals surface area (Å²) in [5.74, 6) is 0.676. The summed E-state index contributed by atoms with van der Waals surface area (Å²) in [7, 11) is -1.42. The number of likely N-dealkylation sites (N-methyl/N-ethyl adjacent to an activating group) is 1. The number of pyridine rings is 1. The van der Waals surface area contributed by atoms with E-state index in [2.05, 4.69) is 27.1 Å². The van der Waals surface area contributed by atoms with Crippen LogP contribution < -0.4 is 10.2 Å². The summed E-state index contributed by atoms with van der Waals surface area (Å²) < 4.78 is 26.6. The van der Waals surface area contributed by atoms with E-state index in [0.717, 1.165) is 37.6 Å². The Hall–Kier alpha value is -2.49. The van der Waals surface area contributed by atoms with Gasteiger partial charge in [-0.05, 0) is 49.0 Å². The van der Waals surface area contributed by atoms with Crippen LogP contribution in [0.25, 0.3) is 0 Å². The van der Waals surface area contributed by atoms with E-state index in [1.807, 2.05) is 12.1 Å². The van der Waals surface area contributed by atoms with Crippen LogP contribution >= 0.6 is 0 Å². The maximum absolute atomic E-state index is 12.6. The number of hydrogen-bond acceptors (Lipinski definition) is 6. The van der Waals surface area contributed by atoms with Gasteiger partial charge in [0.15, 0.2) is 0 Å². The smallest absolute Gasteiger partial charge is 0.251 e. The highest BCUT2D eigenvalue weighted by Gasteiger charge is 2.21. The summed E-state index contributed by atoms with van der Waals surface area (Å²) in [6.45, 7) is 8.66. The van der Waals surface area contributed by atoms with Gasteiger partial charge in [0.05, 0.1) is 4.90 Å². The molecule has 9 heteroatoms. The molecule has 0 spiro atoms. The molecule has 2 aromatic rings. The van der Waals surface area contributed by atoms with Crippen molar-refractivity contribution in [3.63, 3.8) is 0 Å². The van der Waals surface area contributed by atoms with Gasteiger partial charge < -0.3 is 15.1 Å². The van der Waals surface area contributed by atoms with E-state index in [9.17, 15) is 13.2 Å². The Bertz CT molecular complexity index is 982. The summed E-state index contributed by atoms with van der Waals surface area (Å²) in [6, 6.07) is 9.97. The lowest BCUT2D eigenvalue weighted by atomic mass is 10.2. The average molecular weight is 446 g/mol. The standard InChI is InChI=1S/C22H31N5O3S/c1-4-27(5-2)31(29,30)20-8-6-19(7-9-20)22(28)24-17-18-10-11-23-21(16-18)26-14-12-25(3)13-15-26/h6-11,16H,4-5,12-15,17H2,1-3H3,(H,24,28). The topological polar surface area (TPSA) is 85.8 Å². The Morgan fingerprint density at radius 3 is 2.32 bits per heavy atom. The number of amides is 1. The average Bonchev–Trinajstić information content (AvgIpc) is 2.79. The minimum absolute atomic E-state index is 0.193. The molecule has 0 unspecified atom stereocenters. The molecule has 0 atom stereocenters. The lowest BCUT2D eigenvalue weighted by Gasteiger charge is -2.33. The van der Waals surface area contributed by atoms with Crippen LogP contribution in [0, 0.1) is 0 Å². The van der Waals surface area contributed by atoms with Crippen LogP contribution in [0.3, 0.4) is 0 Å². The Morgan fingerprint density at radius 1 is 1.06 bits per heavy atom. The van der Waals surface area contributed by atoms with Crippen molar-refractivity contribution in [3.8, 4) is 0 Å². The molecule has 1 aromatic carbocycles. The fourth-order valence-corrected chi connectivity index (χ4v) is 5.01. The third-order valence-electron chi connectivity index (χ3n) is 5.55. The molecule has 31 heavy (non-hydrogen) atoms. The second-order valence-electron chi connectivity index (χ2n) is 7.61. The van der Waals surface area contributed by atoms with Gasteiger partial charge in [-0.25, -0.2) is 13.4 Å². The van der Waals surface area contributed by atoms with E-state index in [-0.39, 0.29) is 10.8 Å². The molecular formula is C22H31N5O3S. The number of rotatable bonds is 8. The van der Waals surface area contributed by atoms with Crippen molar-refractivity contribution in [1.29, 1.82) is 0 Å². The maximum atomic E-state index is 12.6. The van der Waals surface area contributed by atoms with Crippen molar-refractivity contribution >= 4 is 21.7 Å². The molecule has 1 aromatic heterocycles. The SMILES string of the molecule is CCN(CC)S(=O)(=O)c1ccc(C(=O)NCc2ccnc(N3CCN(C)CC3)c2)cc1. The second-order valence-corrected chi connectivity index (χ2v) is 9.55. The van der Waals surface area contributed by atoms with E-state index >= 15 is 0 Å². The van der Waals surface area contributed by atoms with E-state index in [4.69, 9.17) is 0 Å². The number of hydrogen-bond donors (Lipinski definition) is 1. The highest BCUT2D eigenvalue weighted by molar-refractivity contribution is 7.89. The Labute approximate surface area is 184 Å². The van der Waals surface area contributed by atoms with Crippen molar-refractivity contribution in [1.82, 2.24) is 19.5 Å². The lowest BCUT2D eigenvalue weighted by Crippen LogP contribution is -2.44. The Kier molecular flexibility index (Phi) is 7.64. The van der Waals surface area contributed by atoms with Crippen molar-refractivity contribution in [2.24, 2.45) is 0 Å². The zero-order valence-electron chi connectivity index (χ0n) is 18.4. The normalized spacial score (nSPS) is 15.3. The van der Waals surface area contributed by atoms with E-state index in [0.29, 0.717) is 25.2 Å². The van der Waals surface area contributed by atoms with E-state index in [1.165, 1.54) is 16.4 Å². The molecule has 0 saturated carbocycles. The Balaban J connectivity index is 1.62. The van der Waals surface area contributed by atoms with E-state index < -0.39 is 10.0 Å². The molecule has 0 aliphatic carbocycles. The predicted octanol–water partition coefficient (Wildman–Crippen LogP) is 1.79. The van der Waals surface area contributed by atoms with Crippen LogP contribution in [0.1, 0.15) is 29.8 Å². The van der Waals surface area contributed by atoms with Gasteiger partial charge in [-0.1, -0.05) is 13.8 Å². The predicted molar refractivity (Wildman–Crippen MR) is 122 cm³/mol.